The SMILES string of the molecule is C=C(F)C(=C)Nc1ccnc2ccc(C)nc12.CC.CC. The first-order chi connectivity index (χ1) is 10.1. The van der Waals surface area contributed by atoms with Crippen molar-refractivity contribution in [2.75, 3.05) is 5.32 Å². The zero-order valence-electron chi connectivity index (χ0n) is 13.5. The van der Waals surface area contributed by atoms with Crippen molar-refractivity contribution in [2.24, 2.45) is 0 Å². The molecule has 4 heteroatoms. The molecule has 0 fully saturated rings. The quantitative estimate of drug-likeness (QED) is 0.769. The predicted octanol–water partition coefficient (Wildman–Crippen LogP) is 5.40. The number of halogens is 1. The molecule has 114 valence electrons. The van der Waals surface area contributed by atoms with Crippen LogP contribution in [-0.4, -0.2) is 9.97 Å². The molecule has 0 unspecified atom stereocenters. The third-order valence-electron chi connectivity index (χ3n) is 2.34. The molecule has 0 bridgehead atoms. The van der Waals surface area contributed by atoms with Gasteiger partial charge in [-0.3, -0.25) is 4.98 Å². The van der Waals surface area contributed by atoms with Crippen LogP contribution in [-0.2, 0) is 0 Å². The Morgan fingerprint density at radius 2 is 1.71 bits per heavy atom. The van der Waals surface area contributed by atoms with Gasteiger partial charge in [0.05, 0.1) is 16.9 Å². The summed E-state index contributed by atoms with van der Waals surface area (Å²) in [7, 11) is 0. The topological polar surface area (TPSA) is 37.8 Å². The molecule has 2 heterocycles. The lowest BCUT2D eigenvalue weighted by molar-refractivity contribution is 0.658. The van der Waals surface area contributed by atoms with E-state index in [1.165, 1.54) is 0 Å². The summed E-state index contributed by atoms with van der Waals surface area (Å²) in [6, 6.07) is 5.47. The number of aryl methyl sites for hydroxylation is 1. The highest BCUT2D eigenvalue weighted by Crippen LogP contribution is 2.22. The molecule has 2 aromatic heterocycles. The van der Waals surface area contributed by atoms with Crippen molar-refractivity contribution in [1.82, 2.24) is 9.97 Å². The number of allylic oxidation sites excluding steroid dienone is 1. The number of rotatable bonds is 3. The molecule has 0 spiro atoms. The van der Waals surface area contributed by atoms with Gasteiger partial charge in [-0.25, -0.2) is 9.37 Å². The van der Waals surface area contributed by atoms with E-state index in [4.69, 9.17) is 0 Å². The average Bonchev–Trinajstić information content (AvgIpc) is 2.51. The zero-order chi connectivity index (χ0) is 16.4. The molecule has 0 aliphatic heterocycles. The van der Waals surface area contributed by atoms with E-state index < -0.39 is 5.83 Å². The monoisotopic (exact) mass is 289 g/mol. The minimum absolute atomic E-state index is 0.126. The standard InChI is InChI=1S/C13H12FN3.2C2H6/c1-8-4-5-11-13(16-8)12(6-7-15-11)17-10(3)9(2)14;2*1-2/h4-7H,2-3H2,1H3,(H,15,17);2*1-2H3. The maximum absolute atomic E-state index is 12.9. The van der Waals surface area contributed by atoms with Gasteiger partial charge in [0.25, 0.3) is 0 Å². The number of aromatic nitrogens is 2. The molecule has 0 aromatic carbocycles. The highest BCUT2D eigenvalue weighted by atomic mass is 19.1. The lowest BCUT2D eigenvalue weighted by atomic mass is 10.2. The van der Waals surface area contributed by atoms with Crippen LogP contribution in [0, 0.1) is 6.92 Å². The molecule has 0 saturated heterocycles. The molecule has 21 heavy (non-hydrogen) atoms. The summed E-state index contributed by atoms with van der Waals surface area (Å²) < 4.78 is 12.9. The van der Waals surface area contributed by atoms with Gasteiger partial charge < -0.3 is 5.32 Å². The fourth-order valence-corrected chi connectivity index (χ4v) is 1.45. The summed E-state index contributed by atoms with van der Waals surface area (Å²) in [6.45, 7) is 16.6. The number of hydrogen-bond donors (Lipinski definition) is 1. The zero-order valence-corrected chi connectivity index (χ0v) is 13.5. The van der Waals surface area contributed by atoms with E-state index in [0.717, 1.165) is 11.2 Å². The van der Waals surface area contributed by atoms with Crippen molar-refractivity contribution in [3.05, 3.63) is 54.8 Å². The van der Waals surface area contributed by atoms with Crippen LogP contribution in [0.2, 0.25) is 0 Å². The van der Waals surface area contributed by atoms with Gasteiger partial charge >= 0.3 is 0 Å². The Morgan fingerprint density at radius 3 is 2.29 bits per heavy atom. The van der Waals surface area contributed by atoms with E-state index in [2.05, 4.69) is 28.4 Å². The van der Waals surface area contributed by atoms with Crippen LogP contribution in [0.5, 0.6) is 0 Å². The average molecular weight is 289 g/mol. The Hall–Kier alpha value is -2.23. The van der Waals surface area contributed by atoms with E-state index in [1.54, 1.807) is 12.3 Å². The Morgan fingerprint density at radius 1 is 1.10 bits per heavy atom. The van der Waals surface area contributed by atoms with Crippen LogP contribution in [0.1, 0.15) is 33.4 Å². The van der Waals surface area contributed by atoms with Gasteiger partial charge in [-0.15, -0.1) is 0 Å². The van der Waals surface area contributed by atoms with Gasteiger partial charge in [0, 0.05) is 11.9 Å². The fourth-order valence-electron chi connectivity index (χ4n) is 1.45. The van der Waals surface area contributed by atoms with Gasteiger partial charge in [-0.2, -0.15) is 0 Å². The van der Waals surface area contributed by atoms with Crippen molar-refractivity contribution in [3.63, 3.8) is 0 Å². The van der Waals surface area contributed by atoms with Gasteiger partial charge in [0.2, 0.25) is 0 Å². The third-order valence-corrected chi connectivity index (χ3v) is 2.34. The number of pyridine rings is 2. The fraction of sp³-hybridized carbons (Fsp3) is 0.294. The van der Waals surface area contributed by atoms with Gasteiger partial charge in [-0.1, -0.05) is 40.9 Å². The Balaban J connectivity index is 0.000000921. The van der Waals surface area contributed by atoms with Crippen LogP contribution >= 0.6 is 0 Å². The van der Waals surface area contributed by atoms with Crippen LogP contribution < -0.4 is 5.32 Å². The highest BCUT2D eigenvalue weighted by Gasteiger charge is 2.06. The molecule has 0 saturated carbocycles. The first kappa shape index (κ1) is 18.8. The van der Waals surface area contributed by atoms with Crippen LogP contribution in [0.3, 0.4) is 0 Å². The molecule has 0 radical (unpaired) electrons. The number of hydrogen-bond acceptors (Lipinski definition) is 3. The van der Waals surface area contributed by atoms with E-state index in [9.17, 15) is 4.39 Å². The Labute approximate surface area is 126 Å². The third kappa shape index (κ3) is 5.34. The molecule has 0 amide bonds. The smallest absolute Gasteiger partial charge is 0.138 e. The molecule has 1 N–H and O–H groups in total. The van der Waals surface area contributed by atoms with Crippen molar-refractivity contribution in [2.45, 2.75) is 34.6 Å². The predicted molar refractivity (Wildman–Crippen MR) is 90.0 cm³/mol. The molecular formula is C17H24FN3. The molecule has 2 aromatic rings. The maximum Gasteiger partial charge on any atom is 0.138 e. The second-order valence-corrected chi connectivity index (χ2v) is 3.69. The Bertz CT molecular complexity index is 606. The molecule has 3 nitrogen and oxygen atoms in total. The van der Waals surface area contributed by atoms with E-state index in [1.807, 2.05) is 46.8 Å². The molecular weight excluding hydrogens is 265 g/mol. The first-order valence-corrected chi connectivity index (χ1v) is 7.11. The normalized spacial score (nSPS) is 8.86. The van der Waals surface area contributed by atoms with Gasteiger partial charge in [0.15, 0.2) is 0 Å². The summed E-state index contributed by atoms with van der Waals surface area (Å²) >= 11 is 0. The lowest BCUT2D eigenvalue weighted by Crippen LogP contribution is -2.00. The lowest BCUT2D eigenvalue weighted by Gasteiger charge is -2.09. The summed E-state index contributed by atoms with van der Waals surface area (Å²) in [4.78, 5) is 8.56. The minimum Gasteiger partial charge on any atom is -0.352 e. The highest BCUT2D eigenvalue weighted by molar-refractivity contribution is 5.88. The number of nitrogens with one attached hydrogen (secondary N) is 1. The minimum atomic E-state index is -0.595. The van der Waals surface area contributed by atoms with Crippen molar-refractivity contribution in [1.29, 1.82) is 0 Å². The summed E-state index contributed by atoms with van der Waals surface area (Å²) in [5.41, 5.74) is 3.11. The summed E-state index contributed by atoms with van der Waals surface area (Å²) in [6.07, 6.45) is 1.63. The largest absolute Gasteiger partial charge is 0.352 e. The number of fused-ring (bicyclic) bond motifs is 1. The van der Waals surface area contributed by atoms with Crippen molar-refractivity contribution >= 4 is 16.7 Å². The Kier molecular flexibility index (Phi) is 8.62. The van der Waals surface area contributed by atoms with Crippen LogP contribution in [0.15, 0.2) is 49.1 Å². The van der Waals surface area contributed by atoms with E-state index in [-0.39, 0.29) is 5.70 Å². The number of nitrogens with zero attached hydrogens (tertiary/aromatic N) is 2. The van der Waals surface area contributed by atoms with Crippen molar-refractivity contribution < 1.29 is 4.39 Å². The molecule has 2 rings (SSSR count). The molecule has 0 atom stereocenters. The maximum atomic E-state index is 12.9. The van der Waals surface area contributed by atoms with Crippen LogP contribution in [0.4, 0.5) is 10.1 Å². The van der Waals surface area contributed by atoms with Gasteiger partial charge in [-0.05, 0) is 25.1 Å². The summed E-state index contributed by atoms with van der Waals surface area (Å²) in [5, 5.41) is 2.84. The van der Waals surface area contributed by atoms with E-state index >= 15 is 0 Å². The molecule has 0 aliphatic rings. The first-order valence-electron chi connectivity index (χ1n) is 7.11. The molecule has 0 aliphatic carbocycles. The second kappa shape index (κ2) is 9.64. The van der Waals surface area contributed by atoms with Crippen LogP contribution in [0.25, 0.3) is 11.0 Å². The van der Waals surface area contributed by atoms with Crippen molar-refractivity contribution in [3.8, 4) is 0 Å². The second-order valence-electron chi connectivity index (χ2n) is 3.69. The number of anilines is 1. The van der Waals surface area contributed by atoms with Gasteiger partial charge in [0.1, 0.15) is 11.3 Å². The summed E-state index contributed by atoms with van der Waals surface area (Å²) in [5.74, 6) is -0.595. The van der Waals surface area contributed by atoms with E-state index in [0.29, 0.717) is 11.2 Å².